The van der Waals surface area contributed by atoms with Crippen molar-refractivity contribution in [1.82, 2.24) is 19.9 Å². The molecule has 8 heteroatoms. The number of fused-ring (bicyclic) bond motifs is 3. The third-order valence-corrected chi connectivity index (χ3v) is 6.03. The maximum atomic E-state index is 12.2. The second-order valence-electron chi connectivity index (χ2n) is 8.78. The van der Waals surface area contributed by atoms with Crippen molar-refractivity contribution in [3.8, 4) is 0 Å². The fourth-order valence-electron chi connectivity index (χ4n) is 4.24. The summed E-state index contributed by atoms with van der Waals surface area (Å²) in [5.41, 5.74) is 11.3. The molecule has 1 aliphatic heterocycles. The minimum Gasteiger partial charge on any atom is -0.401 e. The number of nitrogens with two attached hydrogens (primary N) is 1. The molecular weight excluding hydrogens is 404 g/mol. The topological polar surface area (TPSA) is 107 Å². The molecule has 170 valence electrons. The van der Waals surface area contributed by atoms with Crippen LogP contribution < -0.4 is 16.4 Å². The second-order valence-corrected chi connectivity index (χ2v) is 8.78. The molecule has 3 aromatic heterocycles. The van der Waals surface area contributed by atoms with Crippen LogP contribution in [-0.4, -0.2) is 40.7 Å². The minimum absolute atomic E-state index is 0.0495. The van der Waals surface area contributed by atoms with Crippen molar-refractivity contribution in [2.45, 2.75) is 40.2 Å². The number of carbonyl (C=O) groups is 1. The van der Waals surface area contributed by atoms with Crippen LogP contribution in [0.4, 0.5) is 5.82 Å². The predicted octanol–water partition coefficient (Wildman–Crippen LogP) is 3.47. The molecule has 0 saturated carbocycles. The van der Waals surface area contributed by atoms with Gasteiger partial charge < -0.3 is 25.7 Å². The Kier molecular flexibility index (Phi) is 6.32. The van der Waals surface area contributed by atoms with Gasteiger partial charge in [-0.15, -0.1) is 0 Å². The molecule has 0 aromatic carbocycles. The molecular formula is C24H32N6O2. The van der Waals surface area contributed by atoms with E-state index >= 15 is 0 Å². The molecule has 0 bridgehead atoms. The molecule has 8 nitrogen and oxygen atoms in total. The third kappa shape index (κ3) is 4.27. The van der Waals surface area contributed by atoms with Gasteiger partial charge in [-0.1, -0.05) is 13.8 Å². The highest BCUT2D eigenvalue weighted by molar-refractivity contribution is 6.05. The van der Waals surface area contributed by atoms with E-state index in [-0.39, 0.29) is 11.8 Å². The summed E-state index contributed by atoms with van der Waals surface area (Å²) in [6, 6.07) is 5.97. The largest absolute Gasteiger partial charge is 0.401 e. The summed E-state index contributed by atoms with van der Waals surface area (Å²) in [5.74, 6) is 0.890. The van der Waals surface area contributed by atoms with Crippen LogP contribution >= 0.6 is 0 Å². The molecule has 1 saturated heterocycles. The zero-order valence-corrected chi connectivity index (χ0v) is 19.2. The van der Waals surface area contributed by atoms with Crippen LogP contribution in [0.3, 0.4) is 0 Å². The van der Waals surface area contributed by atoms with Gasteiger partial charge in [-0.05, 0) is 43.9 Å². The SMILES string of the molecule is CN/C(=C(/C)N)c1cnc2c3ccc(NC(=O)C(C)C)nc3n(CC3CCOCC3)c2c1. The summed E-state index contributed by atoms with van der Waals surface area (Å²) in [6.07, 6.45) is 3.88. The Morgan fingerprint density at radius 2 is 2.06 bits per heavy atom. The van der Waals surface area contributed by atoms with Gasteiger partial charge in [0.15, 0.2) is 0 Å². The summed E-state index contributed by atoms with van der Waals surface area (Å²) in [6.45, 7) is 8.00. The van der Waals surface area contributed by atoms with Crippen LogP contribution in [0.2, 0.25) is 0 Å². The number of carbonyl (C=O) groups excluding carboxylic acids is 1. The first kappa shape index (κ1) is 22.1. The lowest BCUT2D eigenvalue weighted by atomic mass is 10.0. The number of aromatic nitrogens is 3. The van der Waals surface area contributed by atoms with E-state index in [9.17, 15) is 4.79 Å². The molecule has 0 aliphatic carbocycles. The molecule has 4 N–H and O–H groups in total. The lowest BCUT2D eigenvalue weighted by Crippen LogP contribution is -2.21. The number of nitrogens with one attached hydrogen (secondary N) is 2. The normalized spacial score (nSPS) is 15.9. The van der Waals surface area contributed by atoms with Gasteiger partial charge in [0.25, 0.3) is 0 Å². The summed E-state index contributed by atoms with van der Waals surface area (Å²) >= 11 is 0. The van der Waals surface area contributed by atoms with Crippen molar-refractivity contribution in [3.63, 3.8) is 0 Å². The van der Waals surface area contributed by atoms with Gasteiger partial charge in [0.1, 0.15) is 11.5 Å². The van der Waals surface area contributed by atoms with Gasteiger partial charge >= 0.3 is 0 Å². The fourth-order valence-corrected chi connectivity index (χ4v) is 4.24. The Hall–Kier alpha value is -3.13. The number of nitrogens with zero attached hydrogens (tertiary/aromatic N) is 3. The van der Waals surface area contributed by atoms with E-state index in [1.54, 1.807) is 0 Å². The Labute approximate surface area is 188 Å². The maximum Gasteiger partial charge on any atom is 0.228 e. The van der Waals surface area contributed by atoms with Crippen LogP contribution in [0.25, 0.3) is 27.8 Å². The van der Waals surface area contributed by atoms with Crippen molar-refractivity contribution in [2.24, 2.45) is 17.6 Å². The zero-order chi connectivity index (χ0) is 22.8. The molecule has 0 spiro atoms. The zero-order valence-electron chi connectivity index (χ0n) is 19.2. The maximum absolute atomic E-state index is 12.2. The summed E-state index contributed by atoms with van der Waals surface area (Å²) < 4.78 is 7.80. The highest BCUT2D eigenvalue weighted by Crippen LogP contribution is 2.31. The number of hydrogen-bond acceptors (Lipinski definition) is 6. The number of hydrogen-bond donors (Lipinski definition) is 3. The Morgan fingerprint density at radius 1 is 1.31 bits per heavy atom. The molecule has 0 radical (unpaired) electrons. The quantitative estimate of drug-likeness (QED) is 0.546. The van der Waals surface area contributed by atoms with Crippen molar-refractivity contribution < 1.29 is 9.53 Å². The van der Waals surface area contributed by atoms with Gasteiger partial charge in [-0.25, -0.2) is 4.98 Å². The molecule has 1 amide bonds. The first-order valence-electron chi connectivity index (χ1n) is 11.2. The smallest absolute Gasteiger partial charge is 0.228 e. The van der Waals surface area contributed by atoms with E-state index in [0.717, 1.165) is 65.9 Å². The molecule has 3 aromatic rings. The van der Waals surface area contributed by atoms with E-state index in [0.29, 0.717) is 17.4 Å². The average Bonchev–Trinajstić information content (AvgIpc) is 3.07. The molecule has 4 heterocycles. The van der Waals surface area contributed by atoms with E-state index in [1.165, 1.54) is 0 Å². The number of rotatable bonds is 6. The van der Waals surface area contributed by atoms with Gasteiger partial charge in [0, 0.05) is 55.6 Å². The van der Waals surface area contributed by atoms with E-state index in [2.05, 4.69) is 21.3 Å². The van der Waals surface area contributed by atoms with E-state index in [4.69, 9.17) is 20.4 Å². The van der Waals surface area contributed by atoms with Crippen molar-refractivity contribution in [3.05, 3.63) is 35.7 Å². The number of ether oxygens (including phenoxy) is 1. The number of pyridine rings is 2. The monoisotopic (exact) mass is 436 g/mol. The van der Waals surface area contributed by atoms with Crippen LogP contribution in [0.15, 0.2) is 30.1 Å². The lowest BCUT2D eigenvalue weighted by Gasteiger charge is -2.23. The molecule has 0 atom stereocenters. The van der Waals surface area contributed by atoms with E-state index < -0.39 is 0 Å². The summed E-state index contributed by atoms with van der Waals surface area (Å²) in [4.78, 5) is 21.9. The van der Waals surface area contributed by atoms with E-state index in [1.807, 2.05) is 46.1 Å². The number of allylic oxidation sites excluding steroid dienone is 1. The number of amides is 1. The standard InChI is InChI=1S/C24H32N6O2/c1-14(2)24(31)29-20-6-5-18-22-19(11-17(12-27-22)21(26-4)15(3)25)30(23(18)28-20)13-16-7-9-32-10-8-16/h5-6,11-12,14,16,26H,7-10,13,25H2,1-4H3,(H,28,29,31)/b21-15-. The van der Waals surface area contributed by atoms with Crippen LogP contribution in [0.5, 0.6) is 0 Å². The second kappa shape index (κ2) is 9.16. The van der Waals surface area contributed by atoms with Crippen molar-refractivity contribution in [2.75, 3.05) is 25.6 Å². The summed E-state index contributed by atoms with van der Waals surface area (Å²) in [7, 11) is 1.86. The molecule has 4 rings (SSSR count). The molecule has 0 unspecified atom stereocenters. The first-order chi connectivity index (χ1) is 15.4. The summed E-state index contributed by atoms with van der Waals surface area (Å²) in [5, 5.41) is 7.08. The highest BCUT2D eigenvalue weighted by Gasteiger charge is 2.21. The third-order valence-electron chi connectivity index (χ3n) is 6.03. The van der Waals surface area contributed by atoms with Crippen LogP contribution in [-0.2, 0) is 16.1 Å². The van der Waals surface area contributed by atoms with Gasteiger partial charge in [-0.2, -0.15) is 0 Å². The van der Waals surface area contributed by atoms with Gasteiger partial charge in [0.2, 0.25) is 5.91 Å². The molecule has 1 aliphatic rings. The van der Waals surface area contributed by atoms with Gasteiger partial charge in [0.05, 0.1) is 16.7 Å². The molecule has 1 fully saturated rings. The Bertz CT molecular complexity index is 1170. The lowest BCUT2D eigenvalue weighted by molar-refractivity contribution is -0.118. The average molecular weight is 437 g/mol. The molecule has 32 heavy (non-hydrogen) atoms. The minimum atomic E-state index is -0.115. The fraction of sp³-hybridized carbons (Fsp3) is 0.458. The Balaban J connectivity index is 1.87. The van der Waals surface area contributed by atoms with Crippen LogP contribution in [0.1, 0.15) is 39.2 Å². The number of anilines is 1. The van der Waals surface area contributed by atoms with Gasteiger partial charge in [-0.3, -0.25) is 9.78 Å². The van der Waals surface area contributed by atoms with Crippen molar-refractivity contribution >= 4 is 39.5 Å². The first-order valence-corrected chi connectivity index (χ1v) is 11.2. The highest BCUT2D eigenvalue weighted by atomic mass is 16.5. The van der Waals surface area contributed by atoms with Crippen LogP contribution in [0, 0.1) is 11.8 Å². The predicted molar refractivity (Wildman–Crippen MR) is 128 cm³/mol. The van der Waals surface area contributed by atoms with Crippen molar-refractivity contribution in [1.29, 1.82) is 0 Å². The Morgan fingerprint density at radius 3 is 2.72 bits per heavy atom.